The molecule has 0 saturated carbocycles. The van der Waals surface area contributed by atoms with Crippen LogP contribution >= 0.6 is 0 Å². The first kappa shape index (κ1) is 14.1. The van der Waals surface area contributed by atoms with Crippen molar-refractivity contribution in [2.24, 2.45) is 0 Å². The maximum absolute atomic E-state index is 5.92. The lowest BCUT2D eigenvalue weighted by Gasteiger charge is -2.33. The van der Waals surface area contributed by atoms with Crippen molar-refractivity contribution >= 4 is 6.08 Å². The molecule has 0 amide bonds. The summed E-state index contributed by atoms with van der Waals surface area (Å²) in [6.45, 7) is 2.86. The second kappa shape index (κ2) is 7.21. The molecule has 1 saturated heterocycles. The molecule has 2 aromatic carbocycles. The average Bonchev–Trinajstić information content (AvgIpc) is 2.56. The SMILES string of the molecule is C(=C\C1OCCCN1Cc1ccccc1)/c1ccccc1. The van der Waals surface area contributed by atoms with Crippen molar-refractivity contribution in [1.29, 1.82) is 0 Å². The van der Waals surface area contributed by atoms with Gasteiger partial charge in [-0.3, -0.25) is 4.90 Å². The van der Waals surface area contributed by atoms with Crippen LogP contribution in [0.3, 0.4) is 0 Å². The van der Waals surface area contributed by atoms with Gasteiger partial charge in [-0.2, -0.15) is 0 Å². The Labute approximate surface area is 126 Å². The summed E-state index contributed by atoms with van der Waals surface area (Å²) in [5, 5.41) is 0. The first-order valence-electron chi connectivity index (χ1n) is 7.55. The first-order chi connectivity index (χ1) is 10.4. The van der Waals surface area contributed by atoms with E-state index in [0.717, 1.165) is 26.1 Å². The zero-order chi connectivity index (χ0) is 14.3. The van der Waals surface area contributed by atoms with E-state index >= 15 is 0 Å². The first-order valence-corrected chi connectivity index (χ1v) is 7.55. The molecule has 0 aliphatic carbocycles. The molecule has 2 nitrogen and oxygen atoms in total. The van der Waals surface area contributed by atoms with Crippen LogP contribution in [0, 0.1) is 0 Å². The van der Waals surface area contributed by atoms with Crippen molar-refractivity contribution in [3.05, 3.63) is 77.9 Å². The normalized spacial score (nSPS) is 19.9. The van der Waals surface area contributed by atoms with Gasteiger partial charge in [0.15, 0.2) is 0 Å². The maximum atomic E-state index is 5.92. The number of benzene rings is 2. The smallest absolute Gasteiger partial charge is 0.130 e. The molecule has 0 aromatic heterocycles. The Balaban J connectivity index is 1.68. The summed E-state index contributed by atoms with van der Waals surface area (Å²) >= 11 is 0. The molecule has 0 spiro atoms. The van der Waals surface area contributed by atoms with Crippen molar-refractivity contribution in [2.75, 3.05) is 13.2 Å². The molecule has 3 rings (SSSR count). The van der Waals surface area contributed by atoms with Gasteiger partial charge in [-0.25, -0.2) is 0 Å². The summed E-state index contributed by atoms with van der Waals surface area (Å²) in [4.78, 5) is 2.39. The Morgan fingerprint density at radius 2 is 1.71 bits per heavy atom. The minimum absolute atomic E-state index is 0.0687. The van der Waals surface area contributed by atoms with Crippen LogP contribution in [0.15, 0.2) is 66.7 Å². The van der Waals surface area contributed by atoms with E-state index in [1.165, 1.54) is 11.1 Å². The number of hydrogen-bond donors (Lipinski definition) is 0. The van der Waals surface area contributed by atoms with E-state index in [2.05, 4.69) is 71.6 Å². The van der Waals surface area contributed by atoms with Crippen LogP contribution in [0.4, 0.5) is 0 Å². The van der Waals surface area contributed by atoms with Crippen LogP contribution in [0.5, 0.6) is 0 Å². The highest BCUT2D eigenvalue weighted by molar-refractivity contribution is 5.49. The number of nitrogens with zero attached hydrogens (tertiary/aromatic N) is 1. The molecule has 1 atom stereocenters. The van der Waals surface area contributed by atoms with Gasteiger partial charge in [-0.15, -0.1) is 0 Å². The average molecular weight is 279 g/mol. The number of ether oxygens (including phenoxy) is 1. The van der Waals surface area contributed by atoms with Crippen molar-refractivity contribution in [3.63, 3.8) is 0 Å². The molecule has 0 bridgehead atoms. The molecular formula is C19H21NO. The van der Waals surface area contributed by atoms with Crippen LogP contribution in [0.2, 0.25) is 0 Å². The minimum Gasteiger partial charge on any atom is -0.359 e. The molecule has 1 fully saturated rings. The van der Waals surface area contributed by atoms with Gasteiger partial charge in [-0.05, 0) is 23.6 Å². The fraction of sp³-hybridized carbons (Fsp3) is 0.263. The van der Waals surface area contributed by atoms with Gasteiger partial charge in [0.05, 0.1) is 6.61 Å². The van der Waals surface area contributed by atoms with Crippen molar-refractivity contribution in [3.8, 4) is 0 Å². The zero-order valence-electron chi connectivity index (χ0n) is 12.2. The van der Waals surface area contributed by atoms with E-state index < -0.39 is 0 Å². The third-order valence-electron chi connectivity index (χ3n) is 3.72. The van der Waals surface area contributed by atoms with Gasteiger partial charge >= 0.3 is 0 Å². The predicted molar refractivity (Wildman–Crippen MR) is 86.7 cm³/mol. The topological polar surface area (TPSA) is 12.5 Å². The Morgan fingerprint density at radius 1 is 1.00 bits per heavy atom. The molecule has 1 unspecified atom stereocenters. The van der Waals surface area contributed by atoms with Gasteiger partial charge in [0, 0.05) is 13.1 Å². The van der Waals surface area contributed by atoms with Crippen LogP contribution < -0.4 is 0 Å². The van der Waals surface area contributed by atoms with E-state index in [1.807, 2.05) is 6.07 Å². The molecular weight excluding hydrogens is 258 g/mol. The highest BCUT2D eigenvalue weighted by Gasteiger charge is 2.20. The summed E-state index contributed by atoms with van der Waals surface area (Å²) in [5.41, 5.74) is 2.55. The standard InChI is InChI=1S/C19H21NO/c1-3-8-17(9-4-1)12-13-19-20(14-7-15-21-19)16-18-10-5-2-6-11-18/h1-6,8-13,19H,7,14-16H2/b13-12+. The fourth-order valence-electron chi connectivity index (χ4n) is 2.63. The van der Waals surface area contributed by atoms with Crippen LogP contribution in [-0.2, 0) is 11.3 Å². The van der Waals surface area contributed by atoms with Gasteiger partial charge in [0.1, 0.15) is 6.23 Å². The van der Waals surface area contributed by atoms with Crippen LogP contribution in [0.25, 0.3) is 6.08 Å². The summed E-state index contributed by atoms with van der Waals surface area (Å²) in [6.07, 6.45) is 5.48. The van der Waals surface area contributed by atoms with Gasteiger partial charge in [0.2, 0.25) is 0 Å². The Bertz CT molecular complexity index is 565. The molecule has 1 heterocycles. The second-order valence-electron chi connectivity index (χ2n) is 5.34. The molecule has 1 aliphatic heterocycles. The molecule has 0 N–H and O–H groups in total. The molecule has 108 valence electrons. The lowest BCUT2D eigenvalue weighted by Crippen LogP contribution is -2.40. The maximum Gasteiger partial charge on any atom is 0.130 e. The van der Waals surface area contributed by atoms with E-state index in [4.69, 9.17) is 4.74 Å². The van der Waals surface area contributed by atoms with Gasteiger partial charge < -0.3 is 4.74 Å². The molecule has 21 heavy (non-hydrogen) atoms. The minimum atomic E-state index is 0.0687. The lowest BCUT2D eigenvalue weighted by molar-refractivity contribution is -0.0694. The third kappa shape index (κ3) is 4.03. The molecule has 2 aromatic rings. The van der Waals surface area contributed by atoms with E-state index in [9.17, 15) is 0 Å². The Morgan fingerprint density at radius 3 is 2.48 bits per heavy atom. The molecule has 2 heteroatoms. The Kier molecular flexibility index (Phi) is 4.82. The van der Waals surface area contributed by atoms with Gasteiger partial charge in [0.25, 0.3) is 0 Å². The summed E-state index contributed by atoms with van der Waals surface area (Å²) < 4.78 is 5.92. The van der Waals surface area contributed by atoms with Crippen LogP contribution in [-0.4, -0.2) is 24.3 Å². The van der Waals surface area contributed by atoms with E-state index in [0.29, 0.717) is 0 Å². The third-order valence-corrected chi connectivity index (χ3v) is 3.72. The quantitative estimate of drug-likeness (QED) is 0.840. The van der Waals surface area contributed by atoms with Crippen LogP contribution in [0.1, 0.15) is 17.5 Å². The van der Waals surface area contributed by atoms with E-state index in [-0.39, 0.29) is 6.23 Å². The lowest BCUT2D eigenvalue weighted by atomic mass is 10.1. The van der Waals surface area contributed by atoms with E-state index in [1.54, 1.807) is 0 Å². The highest BCUT2D eigenvalue weighted by Crippen LogP contribution is 2.16. The summed E-state index contributed by atoms with van der Waals surface area (Å²) in [5.74, 6) is 0. The van der Waals surface area contributed by atoms with Crippen molar-refractivity contribution in [1.82, 2.24) is 4.90 Å². The van der Waals surface area contributed by atoms with Crippen molar-refractivity contribution < 1.29 is 4.74 Å². The van der Waals surface area contributed by atoms with Crippen molar-refractivity contribution in [2.45, 2.75) is 19.2 Å². The molecule has 0 radical (unpaired) electrons. The fourth-order valence-corrected chi connectivity index (χ4v) is 2.63. The number of rotatable bonds is 4. The molecule has 1 aliphatic rings. The summed E-state index contributed by atoms with van der Waals surface area (Å²) in [7, 11) is 0. The largest absolute Gasteiger partial charge is 0.359 e. The highest BCUT2D eigenvalue weighted by atomic mass is 16.5. The predicted octanol–water partition coefficient (Wildman–Crippen LogP) is 3.95. The zero-order valence-corrected chi connectivity index (χ0v) is 12.2. The summed E-state index contributed by atoms with van der Waals surface area (Å²) in [6, 6.07) is 21.0. The Hall–Kier alpha value is -1.90. The second-order valence-corrected chi connectivity index (χ2v) is 5.34. The van der Waals surface area contributed by atoms with Gasteiger partial charge in [-0.1, -0.05) is 66.7 Å². The monoisotopic (exact) mass is 279 g/mol. The number of hydrogen-bond acceptors (Lipinski definition) is 2.